The largest absolute Gasteiger partial charge is 0.493 e. The number of nitrogens with zero attached hydrogens (tertiary/aromatic N) is 1. The molecule has 2 fully saturated rings. The molecule has 1 N–H and O–H groups in total. The van der Waals surface area contributed by atoms with Crippen LogP contribution in [0.25, 0.3) is 0 Å². The van der Waals surface area contributed by atoms with E-state index >= 15 is 0 Å². The fourth-order valence-electron chi connectivity index (χ4n) is 4.01. The van der Waals surface area contributed by atoms with Crippen molar-refractivity contribution in [2.24, 2.45) is 11.8 Å². The van der Waals surface area contributed by atoms with E-state index in [1.54, 1.807) is 23.1 Å². The molecule has 1 saturated heterocycles. The molecule has 0 aromatic heterocycles. The second-order valence-corrected chi connectivity index (χ2v) is 7.99. The zero-order valence-electron chi connectivity index (χ0n) is 17.6. The summed E-state index contributed by atoms with van der Waals surface area (Å²) in [5.41, 5.74) is 0.527. The van der Waals surface area contributed by atoms with Gasteiger partial charge in [-0.1, -0.05) is 26.7 Å². The molecule has 2 aliphatic rings. The van der Waals surface area contributed by atoms with E-state index in [2.05, 4.69) is 19.2 Å². The molecule has 1 aromatic rings. The van der Waals surface area contributed by atoms with Crippen LogP contribution in [-0.2, 0) is 9.53 Å². The smallest absolute Gasteiger partial charge is 0.260 e. The van der Waals surface area contributed by atoms with Crippen molar-refractivity contribution in [3.05, 3.63) is 23.8 Å². The van der Waals surface area contributed by atoms with Crippen LogP contribution in [0.4, 0.5) is 0 Å². The number of morpholine rings is 1. The van der Waals surface area contributed by atoms with Crippen molar-refractivity contribution < 1.29 is 23.8 Å². The predicted molar refractivity (Wildman–Crippen MR) is 109 cm³/mol. The molecule has 0 unspecified atom stereocenters. The van der Waals surface area contributed by atoms with Gasteiger partial charge in [0.1, 0.15) is 0 Å². The molecule has 1 aromatic carbocycles. The third-order valence-electron chi connectivity index (χ3n) is 6.16. The molecule has 0 radical (unpaired) electrons. The van der Waals surface area contributed by atoms with E-state index in [0.29, 0.717) is 55.2 Å². The van der Waals surface area contributed by atoms with E-state index in [1.165, 1.54) is 13.5 Å². The number of methoxy groups -OCH3 is 1. The Labute approximate surface area is 172 Å². The number of ether oxygens (including phenoxy) is 3. The average Bonchev–Trinajstić information content (AvgIpc) is 2.75. The lowest BCUT2D eigenvalue weighted by molar-refractivity contribution is -0.137. The maximum absolute atomic E-state index is 12.7. The van der Waals surface area contributed by atoms with Gasteiger partial charge in [0.25, 0.3) is 11.8 Å². The minimum atomic E-state index is -0.106. The Morgan fingerprint density at radius 1 is 1.17 bits per heavy atom. The number of hydrogen-bond acceptors (Lipinski definition) is 5. The summed E-state index contributed by atoms with van der Waals surface area (Å²) in [6.07, 6.45) is 3.37. The Morgan fingerprint density at radius 2 is 1.93 bits per heavy atom. The summed E-state index contributed by atoms with van der Waals surface area (Å²) in [6, 6.07) is 5.26. The van der Waals surface area contributed by atoms with Crippen LogP contribution in [0.3, 0.4) is 0 Å². The number of amides is 2. The second kappa shape index (κ2) is 9.96. The molecule has 1 heterocycles. The summed E-state index contributed by atoms with van der Waals surface area (Å²) in [6.45, 7) is 6.65. The van der Waals surface area contributed by atoms with E-state index in [9.17, 15) is 9.59 Å². The van der Waals surface area contributed by atoms with Gasteiger partial charge in [-0.2, -0.15) is 0 Å². The van der Waals surface area contributed by atoms with Crippen LogP contribution >= 0.6 is 0 Å². The molecule has 29 heavy (non-hydrogen) atoms. The molecule has 160 valence electrons. The van der Waals surface area contributed by atoms with Gasteiger partial charge in [-0.3, -0.25) is 9.59 Å². The van der Waals surface area contributed by atoms with Crippen molar-refractivity contribution in [1.29, 1.82) is 0 Å². The molecule has 3 rings (SSSR count). The van der Waals surface area contributed by atoms with Crippen LogP contribution in [0, 0.1) is 11.8 Å². The number of benzene rings is 1. The molecule has 7 heteroatoms. The number of carbonyl (C=O) groups excluding carboxylic acids is 2. The first-order valence-electron chi connectivity index (χ1n) is 10.5. The van der Waals surface area contributed by atoms with E-state index in [1.807, 2.05) is 0 Å². The Morgan fingerprint density at radius 3 is 2.66 bits per heavy atom. The molecule has 1 aliphatic carbocycles. The molecule has 0 bridgehead atoms. The first kappa shape index (κ1) is 21.4. The molecule has 1 saturated carbocycles. The monoisotopic (exact) mass is 404 g/mol. The van der Waals surface area contributed by atoms with Crippen LogP contribution < -0.4 is 14.8 Å². The van der Waals surface area contributed by atoms with Crippen molar-refractivity contribution in [1.82, 2.24) is 10.2 Å². The van der Waals surface area contributed by atoms with Gasteiger partial charge in [0.15, 0.2) is 18.1 Å². The lowest BCUT2D eigenvalue weighted by Crippen LogP contribution is -2.43. The van der Waals surface area contributed by atoms with Crippen molar-refractivity contribution >= 4 is 11.8 Å². The molecule has 3 atom stereocenters. The van der Waals surface area contributed by atoms with Gasteiger partial charge in [-0.15, -0.1) is 0 Å². The van der Waals surface area contributed by atoms with Crippen molar-refractivity contribution in [2.75, 3.05) is 40.0 Å². The van der Waals surface area contributed by atoms with E-state index in [4.69, 9.17) is 14.2 Å². The third kappa shape index (κ3) is 5.41. The minimum absolute atomic E-state index is 0.0701. The third-order valence-corrected chi connectivity index (χ3v) is 6.16. The Hall–Kier alpha value is -2.28. The average molecular weight is 405 g/mol. The maximum Gasteiger partial charge on any atom is 0.260 e. The molecule has 2 amide bonds. The van der Waals surface area contributed by atoms with Crippen LogP contribution in [0.2, 0.25) is 0 Å². The summed E-state index contributed by atoms with van der Waals surface area (Å²) in [7, 11) is 1.53. The highest BCUT2D eigenvalue weighted by atomic mass is 16.5. The summed E-state index contributed by atoms with van der Waals surface area (Å²) in [4.78, 5) is 26.7. The summed E-state index contributed by atoms with van der Waals surface area (Å²) in [5, 5.41) is 3.17. The first-order valence-corrected chi connectivity index (χ1v) is 10.5. The first-order chi connectivity index (χ1) is 14.0. The van der Waals surface area contributed by atoms with Gasteiger partial charge in [0.05, 0.1) is 20.3 Å². The number of hydrogen-bond donors (Lipinski definition) is 1. The second-order valence-electron chi connectivity index (χ2n) is 7.99. The quantitative estimate of drug-likeness (QED) is 0.788. The van der Waals surface area contributed by atoms with Crippen molar-refractivity contribution in [3.63, 3.8) is 0 Å². The molecule has 0 spiro atoms. The fourth-order valence-corrected chi connectivity index (χ4v) is 4.01. The lowest BCUT2D eigenvalue weighted by Gasteiger charge is -2.34. The van der Waals surface area contributed by atoms with Gasteiger partial charge >= 0.3 is 0 Å². The Balaban J connectivity index is 1.60. The van der Waals surface area contributed by atoms with Crippen LogP contribution in [0.1, 0.15) is 43.5 Å². The van der Waals surface area contributed by atoms with Gasteiger partial charge in [0, 0.05) is 24.7 Å². The molecule has 1 aliphatic heterocycles. The number of nitrogens with one attached hydrogen (secondary N) is 1. The topological polar surface area (TPSA) is 77.1 Å². The zero-order chi connectivity index (χ0) is 20.8. The Bertz CT molecular complexity index is 717. The van der Waals surface area contributed by atoms with Crippen molar-refractivity contribution in [2.45, 2.75) is 39.2 Å². The summed E-state index contributed by atoms with van der Waals surface area (Å²) in [5.74, 6) is 1.78. The molecule has 7 nitrogen and oxygen atoms in total. The summed E-state index contributed by atoms with van der Waals surface area (Å²) < 4.78 is 16.3. The lowest BCUT2D eigenvalue weighted by atomic mass is 9.78. The highest BCUT2D eigenvalue weighted by Crippen LogP contribution is 2.31. The maximum atomic E-state index is 12.7. The highest BCUT2D eigenvalue weighted by Gasteiger charge is 2.28. The number of rotatable bonds is 6. The van der Waals surface area contributed by atoms with Gasteiger partial charge in [0.2, 0.25) is 0 Å². The van der Waals surface area contributed by atoms with Crippen LogP contribution in [0.5, 0.6) is 11.5 Å². The fraction of sp³-hybridized carbons (Fsp3) is 0.636. The van der Waals surface area contributed by atoms with E-state index < -0.39 is 0 Å². The normalized spacial score (nSPS) is 24.7. The van der Waals surface area contributed by atoms with Crippen LogP contribution in [-0.4, -0.2) is 62.8 Å². The van der Waals surface area contributed by atoms with Crippen LogP contribution in [0.15, 0.2) is 18.2 Å². The predicted octanol–water partition coefficient (Wildman–Crippen LogP) is 2.49. The zero-order valence-corrected chi connectivity index (χ0v) is 17.6. The minimum Gasteiger partial charge on any atom is -0.493 e. The molecular formula is C22H32N2O5. The van der Waals surface area contributed by atoms with E-state index in [-0.39, 0.29) is 24.5 Å². The number of carbonyl (C=O) groups is 2. The van der Waals surface area contributed by atoms with Gasteiger partial charge in [-0.05, 0) is 36.5 Å². The van der Waals surface area contributed by atoms with E-state index in [0.717, 1.165) is 12.8 Å². The van der Waals surface area contributed by atoms with Gasteiger partial charge in [-0.25, -0.2) is 0 Å². The molecular weight excluding hydrogens is 372 g/mol. The Kier molecular flexibility index (Phi) is 7.36. The highest BCUT2D eigenvalue weighted by molar-refractivity contribution is 5.95. The van der Waals surface area contributed by atoms with Gasteiger partial charge < -0.3 is 24.4 Å². The SMILES string of the molecule is COc1cc(C(=O)N[C@@H]2CCC[C@H](C)[C@H]2C)ccc1OCC(=O)N1CCOCC1. The summed E-state index contributed by atoms with van der Waals surface area (Å²) >= 11 is 0. The standard InChI is InChI=1S/C22H32N2O5/c1-15-5-4-6-18(16(15)2)23-22(26)17-7-8-19(20(13-17)27-3)29-14-21(25)24-9-11-28-12-10-24/h7-8,13,15-16,18H,4-6,9-12,14H2,1-3H3,(H,23,26)/t15-,16+,18+/m0/s1. The van der Waals surface area contributed by atoms with Crippen molar-refractivity contribution in [3.8, 4) is 11.5 Å².